The standard InChI is InChI=1S/C22H30N4O3/c1-6-29-19-13-9-17(10-14-19)24-22(28)21(27)23-15-20(26(4)5)16-7-11-18(12-8-16)25(2)3/h7-14,20H,6,15H2,1-5H3,(H,23,27)(H,24,28)/t20-/m0/s1. The van der Waals surface area contributed by atoms with Crippen LogP contribution in [0.3, 0.4) is 0 Å². The Morgan fingerprint density at radius 2 is 1.55 bits per heavy atom. The van der Waals surface area contributed by atoms with Crippen molar-refractivity contribution in [3.63, 3.8) is 0 Å². The number of hydrogen-bond donors (Lipinski definition) is 2. The summed E-state index contributed by atoms with van der Waals surface area (Å²) in [6.07, 6.45) is 0. The van der Waals surface area contributed by atoms with E-state index in [0.29, 0.717) is 24.6 Å². The normalized spacial score (nSPS) is 11.7. The Morgan fingerprint density at radius 1 is 0.931 bits per heavy atom. The van der Waals surface area contributed by atoms with Crippen molar-refractivity contribution in [1.82, 2.24) is 10.2 Å². The molecule has 0 unspecified atom stereocenters. The van der Waals surface area contributed by atoms with Crippen LogP contribution in [-0.2, 0) is 9.59 Å². The topological polar surface area (TPSA) is 73.9 Å². The van der Waals surface area contributed by atoms with E-state index >= 15 is 0 Å². The highest BCUT2D eigenvalue weighted by molar-refractivity contribution is 6.39. The Balaban J connectivity index is 1.94. The van der Waals surface area contributed by atoms with E-state index in [1.807, 2.05) is 69.2 Å². The molecule has 0 bridgehead atoms. The summed E-state index contributed by atoms with van der Waals surface area (Å²) in [6.45, 7) is 2.79. The van der Waals surface area contributed by atoms with Crippen LogP contribution in [0.5, 0.6) is 5.75 Å². The van der Waals surface area contributed by atoms with E-state index < -0.39 is 11.8 Å². The predicted octanol–water partition coefficient (Wildman–Crippen LogP) is 2.51. The molecular weight excluding hydrogens is 368 g/mol. The first kappa shape index (κ1) is 22.2. The Labute approximate surface area is 172 Å². The lowest BCUT2D eigenvalue weighted by Gasteiger charge is -2.25. The van der Waals surface area contributed by atoms with Crippen LogP contribution in [0.15, 0.2) is 48.5 Å². The van der Waals surface area contributed by atoms with Crippen LogP contribution in [0.25, 0.3) is 0 Å². The van der Waals surface area contributed by atoms with E-state index in [-0.39, 0.29) is 6.04 Å². The Morgan fingerprint density at radius 3 is 2.07 bits per heavy atom. The molecule has 2 amide bonds. The zero-order valence-electron chi connectivity index (χ0n) is 17.7. The van der Waals surface area contributed by atoms with Gasteiger partial charge < -0.3 is 25.2 Å². The molecule has 156 valence electrons. The number of nitrogens with one attached hydrogen (secondary N) is 2. The van der Waals surface area contributed by atoms with Gasteiger partial charge in [0.2, 0.25) is 0 Å². The van der Waals surface area contributed by atoms with E-state index in [1.54, 1.807) is 24.3 Å². The third-order valence-electron chi connectivity index (χ3n) is 4.50. The number of anilines is 2. The van der Waals surface area contributed by atoms with Crippen molar-refractivity contribution in [2.24, 2.45) is 0 Å². The van der Waals surface area contributed by atoms with Gasteiger partial charge >= 0.3 is 11.8 Å². The third kappa shape index (κ3) is 6.50. The van der Waals surface area contributed by atoms with Crippen molar-refractivity contribution in [3.05, 3.63) is 54.1 Å². The minimum atomic E-state index is -0.699. The molecular formula is C22H30N4O3. The number of carbonyl (C=O) groups is 2. The first-order valence-corrected chi connectivity index (χ1v) is 9.57. The molecule has 0 saturated heterocycles. The second-order valence-corrected chi connectivity index (χ2v) is 7.09. The fourth-order valence-corrected chi connectivity index (χ4v) is 2.85. The van der Waals surface area contributed by atoms with Crippen molar-refractivity contribution >= 4 is 23.2 Å². The molecule has 7 heteroatoms. The van der Waals surface area contributed by atoms with E-state index in [1.165, 1.54) is 0 Å². The molecule has 0 fully saturated rings. The quantitative estimate of drug-likeness (QED) is 0.669. The molecule has 0 radical (unpaired) electrons. The van der Waals surface area contributed by atoms with Gasteiger partial charge in [0, 0.05) is 32.0 Å². The molecule has 0 aliphatic rings. The van der Waals surface area contributed by atoms with Crippen LogP contribution in [-0.4, -0.2) is 58.1 Å². The molecule has 1 atom stereocenters. The lowest BCUT2D eigenvalue weighted by Crippen LogP contribution is -2.40. The van der Waals surface area contributed by atoms with Gasteiger partial charge in [0.25, 0.3) is 0 Å². The van der Waals surface area contributed by atoms with E-state index in [9.17, 15) is 9.59 Å². The van der Waals surface area contributed by atoms with Crippen molar-refractivity contribution in [2.45, 2.75) is 13.0 Å². The minimum absolute atomic E-state index is 0.0477. The third-order valence-corrected chi connectivity index (χ3v) is 4.50. The molecule has 0 heterocycles. The molecule has 0 aliphatic heterocycles. The smallest absolute Gasteiger partial charge is 0.313 e. The monoisotopic (exact) mass is 398 g/mol. The number of benzene rings is 2. The summed E-state index contributed by atoms with van der Waals surface area (Å²) < 4.78 is 5.36. The maximum Gasteiger partial charge on any atom is 0.313 e. The number of hydrogen-bond acceptors (Lipinski definition) is 5. The van der Waals surface area contributed by atoms with Gasteiger partial charge in [-0.15, -0.1) is 0 Å². The highest BCUT2D eigenvalue weighted by Gasteiger charge is 2.19. The Hall–Kier alpha value is -3.06. The van der Waals surface area contributed by atoms with Crippen LogP contribution in [0.4, 0.5) is 11.4 Å². The molecule has 0 saturated carbocycles. The first-order chi connectivity index (χ1) is 13.8. The molecule has 0 spiro atoms. The summed E-state index contributed by atoms with van der Waals surface area (Å²) in [5.74, 6) is -0.658. The van der Waals surface area contributed by atoms with Crippen LogP contribution in [0, 0.1) is 0 Å². The van der Waals surface area contributed by atoms with Crippen molar-refractivity contribution < 1.29 is 14.3 Å². The molecule has 2 N–H and O–H groups in total. The van der Waals surface area contributed by atoms with Gasteiger partial charge in [0.15, 0.2) is 0 Å². The molecule has 2 aromatic rings. The summed E-state index contributed by atoms with van der Waals surface area (Å²) in [5.41, 5.74) is 2.70. The number of rotatable bonds is 8. The average Bonchev–Trinajstić information content (AvgIpc) is 2.69. The maximum absolute atomic E-state index is 12.2. The number of likely N-dealkylation sites (N-methyl/N-ethyl adjacent to an activating group) is 1. The summed E-state index contributed by atoms with van der Waals surface area (Å²) >= 11 is 0. The lowest BCUT2D eigenvalue weighted by molar-refractivity contribution is -0.136. The Bertz CT molecular complexity index is 802. The van der Waals surface area contributed by atoms with Gasteiger partial charge in [-0.2, -0.15) is 0 Å². The van der Waals surface area contributed by atoms with Gasteiger partial charge in [0.05, 0.1) is 12.6 Å². The maximum atomic E-state index is 12.2. The van der Waals surface area contributed by atoms with Crippen LogP contribution in [0.1, 0.15) is 18.5 Å². The van der Waals surface area contributed by atoms with E-state index in [4.69, 9.17) is 4.74 Å². The number of amides is 2. The molecule has 2 aromatic carbocycles. The molecule has 0 aromatic heterocycles. The summed E-state index contributed by atoms with van der Waals surface area (Å²) in [6, 6.07) is 15.0. The van der Waals surface area contributed by atoms with Gasteiger partial charge in [-0.1, -0.05) is 12.1 Å². The zero-order valence-corrected chi connectivity index (χ0v) is 17.7. The zero-order chi connectivity index (χ0) is 21.4. The molecule has 7 nitrogen and oxygen atoms in total. The summed E-state index contributed by atoms with van der Waals surface area (Å²) in [4.78, 5) is 28.5. The molecule has 2 rings (SSSR count). The van der Waals surface area contributed by atoms with Crippen LogP contribution >= 0.6 is 0 Å². The minimum Gasteiger partial charge on any atom is -0.494 e. The SMILES string of the molecule is CCOc1ccc(NC(=O)C(=O)NC[C@@H](c2ccc(N(C)C)cc2)N(C)C)cc1. The van der Waals surface area contributed by atoms with Gasteiger partial charge in [-0.25, -0.2) is 0 Å². The highest BCUT2D eigenvalue weighted by Crippen LogP contribution is 2.21. The van der Waals surface area contributed by atoms with E-state index in [2.05, 4.69) is 10.6 Å². The van der Waals surface area contributed by atoms with Gasteiger partial charge in [0.1, 0.15) is 5.75 Å². The Kier molecular flexibility index (Phi) is 8.03. The van der Waals surface area contributed by atoms with E-state index in [0.717, 1.165) is 11.3 Å². The first-order valence-electron chi connectivity index (χ1n) is 9.57. The van der Waals surface area contributed by atoms with Gasteiger partial charge in [-0.05, 0) is 63.0 Å². The average molecular weight is 399 g/mol. The fourth-order valence-electron chi connectivity index (χ4n) is 2.85. The second kappa shape index (κ2) is 10.5. The van der Waals surface area contributed by atoms with Gasteiger partial charge in [-0.3, -0.25) is 9.59 Å². The predicted molar refractivity (Wildman–Crippen MR) is 116 cm³/mol. The fraction of sp³-hybridized carbons (Fsp3) is 0.364. The molecule has 29 heavy (non-hydrogen) atoms. The number of nitrogens with zero attached hydrogens (tertiary/aromatic N) is 2. The molecule has 0 aliphatic carbocycles. The van der Waals surface area contributed by atoms with Crippen LogP contribution < -0.4 is 20.3 Å². The number of carbonyl (C=O) groups excluding carboxylic acids is 2. The van der Waals surface area contributed by atoms with Crippen molar-refractivity contribution in [3.8, 4) is 5.75 Å². The van der Waals surface area contributed by atoms with Crippen LogP contribution in [0.2, 0.25) is 0 Å². The van der Waals surface area contributed by atoms with Crippen molar-refractivity contribution in [1.29, 1.82) is 0 Å². The number of ether oxygens (including phenoxy) is 1. The summed E-state index contributed by atoms with van der Waals surface area (Å²) in [5, 5.41) is 5.32. The lowest BCUT2D eigenvalue weighted by atomic mass is 10.1. The largest absolute Gasteiger partial charge is 0.494 e. The van der Waals surface area contributed by atoms with Crippen molar-refractivity contribution in [2.75, 3.05) is 51.6 Å². The highest BCUT2D eigenvalue weighted by atomic mass is 16.5. The second-order valence-electron chi connectivity index (χ2n) is 7.09. The summed E-state index contributed by atoms with van der Waals surface area (Å²) in [7, 11) is 7.86.